The summed E-state index contributed by atoms with van der Waals surface area (Å²) >= 11 is 3.81. The minimum Gasteiger partial charge on any atom is -0.345 e. The molecule has 0 bridgehead atoms. The standard InChI is InChI=1S/C10H9IN4S/c11-9-2-1-8(5-13-9)6-15-3-4-16-10(15)14-7-12/h1-2,5H,3-4,6H2/b14-10+. The number of aliphatic imine (C=N–C) groups is 1. The number of amidine groups is 1. The fourth-order valence-corrected chi connectivity index (χ4v) is 2.70. The zero-order valence-electron chi connectivity index (χ0n) is 8.43. The highest BCUT2D eigenvalue weighted by Crippen LogP contribution is 2.20. The number of nitriles is 1. The Kier molecular flexibility index (Phi) is 4.01. The fraction of sp³-hybridized carbons (Fsp3) is 0.300. The summed E-state index contributed by atoms with van der Waals surface area (Å²) in [6, 6.07) is 4.04. The van der Waals surface area contributed by atoms with Crippen molar-refractivity contribution < 1.29 is 0 Å². The Balaban J connectivity index is 2.07. The number of hydrogen-bond acceptors (Lipinski definition) is 4. The lowest BCUT2D eigenvalue weighted by Gasteiger charge is -2.16. The van der Waals surface area contributed by atoms with Crippen LogP contribution in [0.4, 0.5) is 0 Å². The first-order valence-corrected chi connectivity index (χ1v) is 6.81. The molecule has 2 rings (SSSR count). The molecule has 6 heteroatoms. The van der Waals surface area contributed by atoms with Gasteiger partial charge in [-0.3, -0.25) is 0 Å². The lowest BCUT2D eigenvalue weighted by atomic mass is 10.3. The van der Waals surface area contributed by atoms with Crippen molar-refractivity contribution in [3.05, 3.63) is 27.6 Å². The predicted octanol–water partition coefficient (Wildman–Crippen LogP) is 2.07. The molecule has 0 aromatic carbocycles. The summed E-state index contributed by atoms with van der Waals surface area (Å²) in [5, 5.41) is 9.38. The van der Waals surface area contributed by atoms with E-state index < -0.39 is 0 Å². The second kappa shape index (κ2) is 5.50. The summed E-state index contributed by atoms with van der Waals surface area (Å²) in [4.78, 5) is 10.2. The number of pyridine rings is 1. The number of nitrogens with zero attached hydrogens (tertiary/aromatic N) is 4. The largest absolute Gasteiger partial charge is 0.345 e. The van der Waals surface area contributed by atoms with Gasteiger partial charge in [-0.25, -0.2) is 4.98 Å². The first kappa shape index (κ1) is 11.7. The molecule has 1 saturated heterocycles. The third-order valence-electron chi connectivity index (χ3n) is 2.17. The SMILES string of the molecule is N#C/N=C1/SCCN1Cc1ccc(I)nc1. The molecule has 0 N–H and O–H groups in total. The van der Waals surface area contributed by atoms with Crippen LogP contribution in [0.2, 0.25) is 0 Å². The monoisotopic (exact) mass is 344 g/mol. The number of rotatable bonds is 2. The Morgan fingerprint density at radius 3 is 3.19 bits per heavy atom. The maximum Gasteiger partial charge on any atom is 0.208 e. The van der Waals surface area contributed by atoms with Gasteiger partial charge in [0.2, 0.25) is 6.19 Å². The van der Waals surface area contributed by atoms with Crippen molar-refractivity contribution in [3.63, 3.8) is 0 Å². The summed E-state index contributed by atoms with van der Waals surface area (Å²) in [6.07, 6.45) is 3.71. The van der Waals surface area contributed by atoms with E-state index in [1.54, 1.807) is 11.8 Å². The van der Waals surface area contributed by atoms with Crippen molar-refractivity contribution in [2.24, 2.45) is 4.99 Å². The van der Waals surface area contributed by atoms with E-state index in [-0.39, 0.29) is 0 Å². The van der Waals surface area contributed by atoms with Crippen LogP contribution in [0.15, 0.2) is 23.3 Å². The molecule has 1 aliphatic heterocycles. The van der Waals surface area contributed by atoms with E-state index in [4.69, 9.17) is 5.26 Å². The Morgan fingerprint density at radius 2 is 2.50 bits per heavy atom. The van der Waals surface area contributed by atoms with Gasteiger partial charge in [-0.05, 0) is 34.2 Å². The Hall–Kier alpha value is -0.810. The second-order valence-corrected chi connectivity index (χ2v) is 5.42. The van der Waals surface area contributed by atoms with Gasteiger partial charge >= 0.3 is 0 Å². The van der Waals surface area contributed by atoms with Crippen LogP contribution >= 0.6 is 34.4 Å². The summed E-state index contributed by atoms with van der Waals surface area (Å²) in [5.41, 5.74) is 1.15. The molecule has 4 nitrogen and oxygen atoms in total. The van der Waals surface area contributed by atoms with Gasteiger partial charge in [0.15, 0.2) is 5.17 Å². The summed E-state index contributed by atoms with van der Waals surface area (Å²) in [6.45, 7) is 1.72. The van der Waals surface area contributed by atoms with Crippen molar-refractivity contribution in [1.29, 1.82) is 5.26 Å². The van der Waals surface area contributed by atoms with Crippen molar-refractivity contribution in [3.8, 4) is 6.19 Å². The topological polar surface area (TPSA) is 52.3 Å². The number of thioether (sulfide) groups is 1. The highest BCUT2D eigenvalue weighted by Gasteiger charge is 2.19. The lowest BCUT2D eigenvalue weighted by molar-refractivity contribution is 0.456. The van der Waals surface area contributed by atoms with Gasteiger partial charge in [0, 0.05) is 25.0 Å². The number of halogens is 1. The second-order valence-electron chi connectivity index (χ2n) is 3.25. The minimum absolute atomic E-state index is 0.775. The van der Waals surface area contributed by atoms with Crippen LogP contribution in [0.3, 0.4) is 0 Å². The molecular formula is C10H9IN4S. The molecule has 0 spiro atoms. The Labute approximate surface area is 112 Å². The average molecular weight is 344 g/mol. The van der Waals surface area contributed by atoms with E-state index in [1.807, 2.05) is 18.5 Å². The molecule has 0 aliphatic carbocycles. The van der Waals surface area contributed by atoms with E-state index in [0.29, 0.717) is 0 Å². The van der Waals surface area contributed by atoms with Crippen molar-refractivity contribution in [2.75, 3.05) is 12.3 Å². The smallest absolute Gasteiger partial charge is 0.208 e. The van der Waals surface area contributed by atoms with Gasteiger partial charge in [0.1, 0.15) is 3.70 Å². The zero-order chi connectivity index (χ0) is 11.4. The summed E-state index contributed by atoms with van der Waals surface area (Å²) in [7, 11) is 0. The molecule has 1 aromatic rings. The first-order valence-electron chi connectivity index (χ1n) is 4.74. The molecule has 1 aliphatic rings. The van der Waals surface area contributed by atoms with Crippen LogP contribution in [-0.2, 0) is 6.54 Å². The molecule has 1 aromatic heterocycles. The van der Waals surface area contributed by atoms with Crippen LogP contribution in [0.1, 0.15) is 5.56 Å². The number of aromatic nitrogens is 1. The normalized spacial score (nSPS) is 17.8. The molecular weight excluding hydrogens is 335 g/mol. The molecule has 0 saturated carbocycles. The average Bonchev–Trinajstić information content (AvgIpc) is 2.70. The summed E-state index contributed by atoms with van der Waals surface area (Å²) in [5.74, 6) is 0.998. The highest BCUT2D eigenvalue weighted by atomic mass is 127. The Bertz CT molecular complexity index is 437. The van der Waals surface area contributed by atoms with Crippen LogP contribution in [0.5, 0.6) is 0 Å². The third-order valence-corrected chi connectivity index (χ3v) is 3.80. The maximum atomic E-state index is 8.56. The van der Waals surface area contributed by atoms with Gasteiger partial charge in [-0.1, -0.05) is 17.8 Å². The van der Waals surface area contributed by atoms with E-state index in [9.17, 15) is 0 Å². The van der Waals surface area contributed by atoms with Gasteiger partial charge < -0.3 is 4.90 Å². The van der Waals surface area contributed by atoms with Crippen LogP contribution in [0, 0.1) is 15.2 Å². The van der Waals surface area contributed by atoms with Crippen molar-refractivity contribution >= 4 is 39.5 Å². The minimum atomic E-state index is 0.775. The molecule has 0 atom stereocenters. The van der Waals surface area contributed by atoms with Gasteiger partial charge in [-0.2, -0.15) is 5.26 Å². The highest BCUT2D eigenvalue weighted by molar-refractivity contribution is 14.1. The first-order chi connectivity index (χ1) is 7.79. The summed E-state index contributed by atoms with van der Waals surface area (Å²) < 4.78 is 0.989. The van der Waals surface area contributed by atoms with Gasteiger partial charge in [0.25, 0.3) is 0 Å². The maximum absolute atomic E-state index is 8.56. The zero-order valence-corrected chi connectivity index (χ0v) is 11.4. The fourth-order valence-electron chi connectivity index (χ4n) is 1.45. The lowest BCUT2D eigenvalue weighted by Crippen LogP contribution is -2.23. The van der Waals surface area contributed by atoms with Gasteiger partial charge in [0.05, 0.1) is 0 Å². The van der Waals surface area contributed by atoms with Crippen molar-refractivity contribution in [1.82, 2.24) is 9.88 Å². The van der Waals surface area contributed by atoms with E-state index >= 15 is 0 Å². The molecule has 1 fully saturated rings. The van der Waals surface area contributed by atoms with Crippen LogP contribution in [-0.4, -0.2) is 27.3 Å². The third kappa shape index (κ3) is 2.86. The molecule has 82 valence electrons. The molecule has 0 unspecified atom stereocenters. The van der Waals surface area contributed by atoms with Gasteiger partial charge in [-0.15, -0.1) is 4.99 Å². The van der Waals surface area contributed by atoms with E-state index in [2.05, 4.69) is 43.5 Å². The Morgan fingerprint density at radius 1 is 1.62 bits per heavy atom. The molecule has 0 amide bonds. The molecule has 2 heterocycles. The van der Waals surface area contributed by atoms with E-state index in [0.717, 1.165) is 33.3 Å². The number of hydrogen-bond donors (Lipinski definition) is 0. The quantitative estimate of drug-likeness (QED) is 0.468. The van der Waals surface area contributed by atoms with Crippen LogP contribution < -0.4 is 0 Å². The molecule has 0 radical (unpaired) electrons. The van der Waals surface area contributed by atoms with Crippen LogP contribution in [0.25, 0.3) is 0 Å². The predicted molar refractivity (Wildman–Crippen MR) is 72.9 cm³/mol. The van der Waals surface area contributed by atoms with Crippen molar-refractivity contribution in [2.45, 2.75) is 6.54 Å². The van der Waals surface area contributed by atoms with E-state index in [1.165, 1.54) is 0 Å². The molecule has 16 heavy (non-hydrogen) atoms.